The summed E-state index contributed by atoms with van der Waals surface area (Å²) in [6.45, 7) is 4.04. The monoisotopic (exact) mass is 187 g/mol. The van der Waals surface area contributed by atoms with Crippen LogP contribution in [-0.4, -0.2) is 51.5 Å². The van der Waals surface area contributed by atoms with E-state index in [1.54, 1.807) is 14.2 Å². The van der Waals surface area contributed by atoms with E-state index < -0.39 is 0 Å². The van der Waals surface area contributed by atoms with Gasteiger partial charge < -0.3 is 9.47 Å². The van der Waals surface area contributed by atoms with Gasteiger partial charge in [-0.1, -0.05) is 0 Å². The fourth-order valence-corrected chi connectivity index (χ4v) is 1.98. The zero-order valence-corrected chi connectivity index (χ0v) is 8.79. The number of rotatable bonds is 6. The van der Waals surface area contributed by atoms with Gasteiger partial charge in [-0.05, 0) is 25.8 Å². The van der Waals surface area contributed by atoms with E-state index in [-0.39, 0.29) is 0 Å². The van der Waals surface area contributed by atoms with Gasteiger partial charge in [-0.3, -0.25) is 4.90 Å². The standard InChI is InChI=1S/C10H21NO2/c1-12-8-5-10-4-3-6-11(10)7-9-13-2/h10H,3-9H2,1-2H3. The zero-order chi connectivity index (χ0) is 9.52. The molecular formula is C10H21NO2. The minimum Gasteiger partial charge on any atom is -0.385 e. The smallest absolute Gasteiger partial charge is 0.0589 e. The van der Waals surface area contributed by atoms with E-state index >= 15 is 0 Å². The molecule has 1 aliphatic heterocycles. The van der Waals surface area contributed by atoms with Crippen molar-refractivity contribution in [2.75, 3.05) is 40.5 Å². The minimum atomic E-state index is 0.732. The highest BCUT2D eigenvalue weighted by Crippen LogP contribution is 2.19. The van der Waals surface area contributed by atoms with E-state index in [1.165, 1.54) is 25.8 Å². The molecule has 0 aromatic rings. The maximum absolute atomic E-state index is 5.10. The molecule has 1 heterocycles. The van der Waals surface area contributed by atoms with Gasteiger partial charge in [0.15, 0.2) is 0 Å². The first-order valence-corrected chi connectivity index (χ1v) is 5.10. The molecule has 78 valence electrons. The van der Waals surface area contributed by atoms with Crippen molar-refractivity contribution in [1.82, 2.24) is 4.90 Å². The lowest BCUT2D eigenvalue weighted by Gasteiger charge is -2.23. The molecule has 0 aromatic carbocycles. The summed E-state index contributed by atoms with van der Waals surface area (Å²) in [5.74, 6) is 0. The molecule has 1 unspecified atom stereocenters. The number of methoxy groups -OCH3 is 2. The van der Waals surface area contributed by atoms with Gasteiger partial charge in [0.05, 0.1) is 6.61 Å². The predicted octanol–water partition coefficient (Wildman–Crippen LogP) is 1.13. The van der Waals surface area contributed by atoms with Crippen molar-refractivity contribution in [2.24, 2.45) is 0 Å². The molecule has 1 aliphatic rings. The van der Waals surface area contributed by atoms with Crippen LogP contribution >= 0.6 is 0 Å². The highest BCUT2D eigenvalue weighted by molar-refractivity contribution is 4.78. The van der Waals surface area contributed by atoms with Crippen LogP contribution in [0.2, 0.25) is 0 Å². The molecule has 0 amide bonds. The van der Waals surface area contributed by atoms with Crippen molar-refractivity contribution in [3.8, 4) is 0 Å². The molecule has 1 atom stereocenters. The largest absolute Gasteiger partial charge is 0.385 e. The van der Waals surface area contributed by atoms with Gasteiger partial charge in [0.25, 0.3) is 0 Å². The van der Waals surface area contributed by atoms with E-state index in [0.717, 1.165) is 25.8 Å². The lowest BCUT2D eigenvalue weighted by Crippen LogP contribution is -2.33. The Hall–Kier alpha value is -0.120. The molecule has 1 fully saturated rings. The molecule has 0 aliphatic carbocycles. The van der Waals surface area contributed by atoms with Gasteiger partial charge in [0.1, 0.15) is 0 Å². The number of ether oxygens (including phenoxy) is 2. The average molecular weight is 187 g/mol. The van der Waals surface area contributed by atoms with E-state index in [2.05, 4.69) is 4.90 Å². The summed E-state index contributed by atoms with van der Waals surface area (Å²) in [6.07, 6.45) is 3.82. The highest BCUT2D eigenvalue weighted by atomic mass is 16.5. The molecule has 0 N–H and O–H groups in total. The molecule has 0 aromatic heterocycles. The van der Waals surface area contributed by atoms with Crippen molar-refractivity contribution in [3.05, 3.63) is 0 Å². The number of hydrogen-bond acceptors (Lipinski definition) is 3. The molecule has 13 heavy (non-hydrogen) atoms. The van der Waals surface area contributed by atoms with Gasteiger partial charge >= 0.3 is 0 Å². The first-order valence-electron chi connectivity index (χ1n) is 5.10. The van der Waals surface area contributed by atoms with Crippen molar-refractivity contribution in [2.45, 2.75) is 25.3 Å². The molecule has 1 rings (SSSR count). The summed E-state index contributed by atoms with van der Waals surface area (Å²) in [5.41, 5.74) is 0. The van der Waals surface area contributed by atoms with Crippen LogP contribution < -0.4 is 0 Å². The van der Waals surface area contributed by atoms with Crippen LogP contribution in [0.1, 0.15) is 19.3 Å². The summed E-state index contributed by atoms with van der Waals surface area (Å²) in [7, 11) is 3.54. The Morgan fingerprint density at radius 3 is 2.69 bits per heavy atom. The molecule has 0 bridgehead atoms. The van der Waals surface area contributed by atoms with E-state index in [0.29, 0.717) is 0 Å². The minimum absolute atomic E-state index is 0.732. The second-order valence-corrected chi connectivity index (χ2v) is 3.61. The van der Waals surface area contributed by atoms with Crippen LogP contribution in [0, 0.1) is 0 Å². The topological polar surface area (TPSA) is 21.7 Å². The van der Waals surface area contributed by atoms with Crippen molar-refractivity contribution >= 4 is 0 Å². The zero-order valence-electron chi connectivity index (χ0n) is 8.79. The predicted molar refractivity (Wildman–Crippen MR) is 53.0 cm³/mol. The Morgan fingerprint density at radius 2 is 2.00 bits per heavy atom. The Balaban J connectivity index is 2.18. The lowest BCUT2D eigenvalue weighted by atomic mass is 10.1. The highest BCUT2D eigenvalue weighted by Gasteiger charge is 2.23. The van der Waals surface area contributed by atoms with Crippen LogP contribution in [-0.2, 0) is 9.47 Å². The SMILES string of the molecule is COCCC1CCCN1CCOC. The summed E-state index contributed by atoms with van der Waals surface area (Å²) in [5, 5.41) is 0. The van der Waals surface area contributed by atoms with E-state index in [9.17, 15) is 0 Å². The molecule has 3 heteroatoms. The molecule has 0 saturated carbocycles. The van der Waals surface area contributed by atoms with E-state index in [1.807, 2.05) is 0 Å². The van der Waals surface area contributed by atoms with Crippen molar-refractivity contribution in [1.29, 1.82) is 0 Å². The van der Waals surface area contributed by atoms with Crippen LogP contribution in [0.4, 0.5) is 0 Å². The molecule has 3 nitrogen and oxygen atoms in total. The first-order chi connectivity index (χ1) is 6.38. The maximum atomic E-state index is 5.10. The van der Waals surface area contributed by atoms with E-state index in [4.69, 9.17) is 9.47 Å². The third-order valence-electron chi connectivity index (χ3n) is 2.74. The Labute approximate surface area is 81.0 Å². The quantitative estimate of drug-likeness (QED) is 0.622. The van der Waals surface area contributed by atoms with Crippen LogP contribution in [0.15, 0.2) is 0 Å². The third kappa shape index (κ3) is 3.63. The van der Waals surface area contributed by atoms with Gasteiger partial charge in [0, 0.05) is 33.4 Å². The Kier molecular flexibility index (Phi) is 5.35. The maximum Gasteiger partial charge on any atom is 0.0589 e. The second-order valence-electron chi connectivity index (χ2n) is 3.61. The first kappa shape index (κ1) is 11.0. The summed E-state index contributed by atoms with van der Waals surface area (Å²) in [4.78, 5) is 2.52. The molecule has 0 spiro atoms. The van der Waals surface area contributed by atoms with Crippen molar-refractivity contribution < 1.29 is 9.47 Å². The van der Waals surface area contributed by atoms with Crippen LogP contribution in [0.5, 0.6) is 0 Å². The Morgan fingerprint density at radius 1 is 1.23 bits per heavy atom. The van der Waals surface area contributed by atoms with Gasteiger partial charge in [0.2, 0.25) is 0 Å². The molecular weight excluding hydrogens is 166 g/mol. The number of nitrogens with zero attached hydrogens (tertiary/aromatic N) is 1. The van der Waals surface area contributed by atoms with Gasteiger partial charge in [-0.2, -0.15) is 0 Å². The van der Waals surface area contributed by atoms with Gasteiger partial charge in [-0.25, -0.2) is 0 Å². The molecule has 0 radical (unpaired) electrons. The lowest BCUT2D eigenvalue weighted by molar-refractivity contribution is 0.119. The summed E-state index contributed by atoms with van der Waals surface area (Å²) in [6, 6.07) is 0.732. The Bertz CT molecular complexity index is 116. The fraction of sp³-hybridized carbons (Fsp3) is 1.00. The number of hydrogen-bond donors (Lipinski definition) is 0. The van der Waals surface area contributed by atoms with Crippen molar-refractivity contribution in [3.63, 3.8) is 0 Å². The van der Waals surface area contributed by atoms with Crippen LogP contribution in [0.25, 0.3) is 0 Å². The molecule has 1 saturated heterocycles. The summed E-state index contributed by atoms with van der Waals surface area (Å²) >= 11 is 0. The third-order valence-corrected chi connectivity index (χ3v) is 2.74. The van der Waals surface area contributed by atoms with Gasteiger partial charge in [-0.15, -0.1) is 0 Å². The average Bonchev–Trinajstić information content (AvgIpc) is 2.59. The summed E-state index contributed by atoms with van der Waals surface area (Å²) < 4.78 is 10.2. The fourth-order valence-electron chi connectivity index (χ4n) is 1.98. The normalized spacial score (nSPS) is 24.0. The second kappa shape index (κ2) is 6.35. The number of likely N-dealkylation sites (tertiary alicyclic amines) is 1. The van der Waals surface area contributed by atoms with Crippen LogP contribution in [0.3, 0.4) is 0 Å².